The van der Waals surface area contributed by atoms with Crippen LogP contribution in [-0.4, -0.2) is 42.3 Å². The minimum absolute atomic E-state index is 0.00133. The van der Waals surface area contributed by atoms with Crippen LogP contribution >= 0.6 is 0 Å². The molecular formula is C24H24N4O4S. The Morgan fingerprint density at radius 3 is 2.48 bits per heavy atom. The average molecular weight is 465 g/mol. The molecule has 0 radical (unpaired) electrons. The zero-order valence-corrected chi connectivity index (χ0v) is 19.1. The first-order chi connectivity index (χ1) is 15.8. The van der Waals surface area contributed by atoms with E-state index in [0.717, 1.165) is 15.3 Å². The first-order valence-electron chi connectivity index (χ1n) is 10.3. The molecule has 0 saturated carbocycles. The summed E-state index contributed by atoms with van der Waals surface area (Å²) in [5.41, 5.74) is 1.97. The third-order valence-electron chi connectivity index (χ3n) is 5.04. The van der Waals surface area contributed by atoms with Crippen molar-refractivity contribution in [2.45, 2.75) is 18.0 Å². The van der Waals surface area contributed by atoms with Crippen molar-refractivity contribution in [1.82, 2.24) is 13.9 Å². The number of benzene rings is 3. The Morgan fingerprint density at radius 1 is 1.00 bits per heavy atom. The van der Waals surface area contributed by atoms with Crippen LogP contribution in [-0.2, 0) is 28.0 Å². The number of para-hydroxylation sites is 3. The summed E-state index contributed by atoms with van der Waals surface area (Å²) < 4.78 is 33.6. The lowest BCUT2D eigenvalue weighted by molar-refractivity contribution is -0.116. The Balaban J connectivity index is 1.55. The van der Waals surface area contributed by atoms with Crippen LogP contribution in [0, 0.1) is 0 Å². The van der Waals surface area contributed by atoms with Gasteiger partial charge < -0.3 is 14.6 Å². The van der Waals surface area contributed by atoms with Crippen LogP contribution < -0.4 is 10.1 Å². The van der Waals surface area contributed by atoms with E-state index < -0.39 is 10.0 Å². The summed E-state index contributed by atoms with van der Waals surface area (Å²) >= 11 is 0. The fourth-order valence-corrected chi connectivity index (χ4v) is 4.31. The molecule has 0 spiro atoms. The zero-order valence-electron chi connectivity index (χ0n) is 18.3. The first kappa shape index (κ1) is 22.5. The second-order valence-electron chi connectivity index (χ2n) is 7.57. The Morgan fingerprint density at radius 2 is 1.73 bits per heavy atom. The van der Waals surface area contributed by atoms with Crippen molar-refractivity contribution in [3.8, 4) is 5.75 Å². The van der Waals surface area contributed by atoms with Gasteiger partial charge in [-0.1, -0.05) is 36.4 Å². The number of ether oxygens (including phenoxy) is 1. The number of hydrogen-bond donors (Lipinski definition) is 1. The summed E-state index contributed by atoms with van der Waals surface area (Å²) in [6, 6.07) is 23.1. The molecule has 0 bridgehead atoms. The maximum absolute atomic E-state index is 12.9. The van der Waals surface area contributed by atoms with Crippen molar-refractivity contribution in [2.75, 3.05) is 19.4 Å². The van der Waals surface area contributed by atoms with Crippen LogP contribution in [0.5, 0.6) is 5.75 Å². The predicted molar refractivity (Wildman–Crippen MR) is 126 cm³/mol. The molecule has 33 heavy (non-hydrogen) atoms. The summed E-state index contributed by atoms with van der Waals surface area (Å²) in [5, 5.41) is 2.79. The average Bonchev–Trinajstić information content (AvgIpc) is 3.15. The summed E-state index contributed by atoms with van der Waals surface area (Å²) in [5.74, 6) is 1.01. The van der Waals surface area contributed by atoms with Crippen LogP contribution in [0.3, 0.4) is 0 Å². The normalized spacial score (nSPS) is 11.6. The number of sulfonamides is 1. The molecule has 1 heterocycles. The number of amides is 1. The fraction of sp³-hybridized carbons (Fsp3) is 0.167. The number of aromatic nitrogens is 2. The van der Waals surface area contributed by atoms with E-state index >= 15 is 0 Å². The van der Waals surface area contributed by atoms with E-state index in [4.69, 9.17) is 4.74 Å². The quantitative estimate of drug-likeness (QED) is 0.431. The molecule has 170 valence electrons. The van der Waals surface area contributed by atoms with Crippen LogP contribution in [0.2, 0.25) is 0 Å². The third-order valence-corrected chi connectivity index (χ3v) is 6.85. The van der Waals surface area contributed by atoms with Crippen molar-refractivity contribution in [2.24, 2.45) is 0 Å². The van der Waals surface area contributed by atoms with Gasteiger partial charge in [0.15, 0.2) is 0 Å². The highest BCUT2D eigenvalue weighted by Gasteiger charge is 2.18. The Labute approximate surface area is 192 Å². The SMILES string of the molecule is CN(C)S(=O)(=O)c1cccc(NC(=O)Cn2c(COc3ccccc3)nc3ccccc32)c1. The zero-order chi connectivity index (χ0) is 23.4. The second-order valence-corrected chi connectivity index (χ2v) is 9.72. The fourth-order valence-electron chi connectivity index (χ4n) is 3.37. The maximum atomic E-state index is 12.9. The van der Waals surface area contributed by atoms with Gasteiger partial charge in [-0.2, -0.15) is 0 Å². The van der Waals surface area contributed by atoms with E-state index in [9.17, 15) is 13.2 Å². The van der Waals surface area contributed by atoms with Crippen molar-refractivity contribution < 1.29 is 17.9 Å². The molecule has 0 aliphatic rings. The molecule has 1 amide bonds. The van der Waals surface area contributed by atoms with E-state index in [1.54, 1.807) is 16.7 Å². The van der Waals surface area contributed by atoms with Gasteiger partial charge in [0.1, 0.15) is 24.7 Å². The van der Waals surface area contributed by atoms with Crippen LogP contribution in [0.1, 0.15) is 5.82 Å². The minimum atomic E-state index is -3.60. The summed E-state index contributed by atoms with van der Waals surface area (Å²) in [4.78, 5) is 17.6. The van der Waals surface area contributed by atoms with Gasteiger partial charge in [-0.25, -0.2) is 17.7 Å². The van der Waals surface area contributed by atoms with Crippen molar-refractivity contribution in [1.29, 1.82) is 0 Å². The number of imidazole rings is 1. The van der Waals surface area contributed by atoms with Gasteiger partial charge in [-0.3, -0.25) is 4.79 Å². The van der Waals surface area contributed by atoms with E-state index in [-0.39, 0.29) is 24.0 Å². The second kappa shape index (κ2) is 9.43. The lowest BCUT2D eigenvalue weighted by Gasteiger charge is -2.13. The Kier molecular flexibility index (Phi) is 6.43. The number of nitrogens with zero attached hydrogens (tertiary/aromatic N) is 3. The number of hydrogen-bond acceptors (Lipinski definition) is 5. The van der Waals surface area contributed by atoms with E-state index in [1.807, 2.05) is 54.6 Å². The van der Waals surface area contributed by atoms with Crippen molar-refractivity contribution in [3.63, 3.8) is 0 Å². The van der Waals surface area contributed by atoms with Gasteiger partial charge in [-0.15, -0.1) is 0 Å². The molecular weight excluding hydrogens is 440 g/mol. The van der Waals surface area contributed by atoms with Gasteiger partial charge >= 0.3 is 0 Å². The monoisotopic (exact) mass is 464 g/mol. The van der Waals surface area contributed by atoms with E-state index in [2.05, 4.69) is 10.3 Å². The number of anilines is 1. The van der Waals surface area contributed by atoms with Crippen LogP contribution in [0.25, 0.3) is 11.0 Å². The smallest absolute Gasteiger partial charge is 0.244 e. The number of rotatable bonds is 8. The van der Waals surface area contributed by atoms with Gasteiger partial charge in [0, 0.05) is 19.8 Å². The van der Waals surface area contributed by atoms with E-state index in [1.165, 1.54) is 26.2 Å². The summed E-state index contributed by atoms with van der Waals surface area (Å²) in [6.45, 7) is 0.196. The standard InChI is InChI=1S/C24H24N4O4S/c1-27(2)33(30,31)20-12-8-9-18(15-20)25-24(29)16-28-22-14-7-6-13-21(22)26-23(28)17-32-19-10-4-3-5-11-19/h3-15H,16-17H2,1-2H3,(H,25,29). The molecule has 0 aliphatic carbocycles. The topological polar surface area (TPSA) is 93.5 Å². The largest absolute Gasteiger partial charge is 0.486 e. The van der Waals surface area contributed by atoms with Crippen LogP contribution in [0.15, 0.2) is 83.8 Å². The lowest BCUT2D eigenvalue weighted by Crippen LogP contribution is -2.23. The summed E-state index contributed by atoms with van der Waals surface area (Å²) in [7, 11) is -0.680. The Hall–Kier alpha value is -3.69. The maximum Gasteiger partial charge on any atom is 0.244 e. The molecule has 1 N–H and O–H groups in total. The highest BCUT2D eigenvalue weighted by molar-refractivity contribution is 7.89. The molecule has 0 atom stereocenters. The first-order valence-corrected chi connectivity index (χ1v) is 11.7. The predicted octanol–water partition coefficient (Wildman–Crippen LogP) is 3.50. The molecule has 4 rings (SSSR count). The number of nitrogens with one attached hydrogen (secondary N) is 1. The lowest BCUT2D eigenvalue weighted by atomic mass is 10.3. The minimum Gasteiger partial charge on any atom is -0.486 e. The molecule has 0 fully saturated rings. The molecule has 9 heteroatoms. The van der Waals surface area contributed by atoms with E-state index in [0.29, 0.717) is 17.3 Å². The number of carbonyl (C=O) groups is 1. The highest BCUT2D eigenvalue weighted by Crippen LogP contribution is 2.20. The molecule has 1 aromatic heterocycles. The van der Waals surface area contributed by atoms with Gasteiger partial charge in [0.25, 0.3) is 0 Å². The molecule has 0 unspecified atom stereocenters. The molecule has 0 aliphatic heterocycles. The summed E-state index contributed by atoms with van der Waals surface area (Å²) in [6.07, 6.45) is 0. The highest BCUT2D eigenvalue weighted by atomic mass is 32.2. The van der Waals surface area contributed by atoms with Gasteiger partial charge in [-0.05, 0) is 42.5 Å². The molecule has 8 nitrogen and oxygen atoms in total. The van der Waals surface area contributed by atoms with Gasteiger partial charge in [0.2, 0.25) is 15.9 Å². The van der Waals surface area contributed by atoms with Gasteiger partial charge in [0.05, 0.1) is 15.9 Å². The Bertz CT molecular complexity index is 1380. The number of carbonyl (C=O) groups excluding carboxylic acids is 1. The van der Waals surface area contributed by atoms with Crippen molar-refractivity contribution in [3.05, 3.63) is 84.7 Å². The van der Waals surface area contributed by atoms with Crippen molar-refractivity contribution >= 4 is 32.7 Å². The molecule has 3 aromatic carbocycles. The number of fused-ring (bicyclic) bond motifs is 1. The molecule has 0 saturated heterocycles. The third kappa shape index (κ3) is 5.05. The molecule has 4 aromatic rings. The van der Waals surface area contributed by atoms with Crippen LogP contribution in [0.4, 0.5) is 5.69 Å².